The monoisotopic (exact) mass is 343 g/mol. The summed E-state index contributed by atoms with van der Waals surface area (Å²) in [6.07, 6.45) is 3.28. The second-order valence-corrected chi connectivity index (χ2v) is 5.90. The Morgan fingerprint density at radius 3 is 2.54 bits per heavy atom. The highest BCUT2D eigenvalue weighted by Gasteiger charge is 2.07. The molecule has 1 aromatic heterocycles. The van der Waals surface area contributed by atoms with Gasteiger partial charge in [0, 0.05) is 22.5 Å². The SMILES string of the molecule is COc1ccc(C=CC(=O)Nc2ccc3oc4ccccc4c3c2)cc1. The van der Waals surface area contributed by atoms with E-state index >= 15 is 0 Å². The number of fused-ring (bicyclic) bond motifs is 3. The minimum Gasteiger partial charge on any atom is -0.497 e. The Kier molecular flexibility index (Phi) is 4.15. The molecule has 0 aliphatic heterocycles. The summed E-state index contributed by atoms with van der Waals surface area (Å²) in [6.45, 7) is 0. The van der Waals surface area contributed by atoms with Crippen molar-refractivity contribution in [2.75, 3.05) is 12.4 Å². The quantitative estimate of drug-likeness (QED) is 0.515. The van der Waals surface area contributed by atoms with Gasteiger partial charge in [-0.2, -0.15) is 0 Å². The van der Waals surface area contributed by atoms with Crippen molar-refractivity contribution in [3.8, 4) is 5.75 Å². The Bertz CT molecular complexity index is 1110. The summed E-state index contributed by atoms with van der Waals surface area (Å²) in [5.74, 6) is 0.597. The maximum Gasteiger partial charge on any atom is 0.248 e. The zero-order chi connectivity index (χ0) is 17.9. The predicted octanol–water partition coefficient (Wildman–Crippen LogP) is 5.25. The van der Waals surface area contributed by atoms with Crippen LogP contribution >= 0.6 is 0 Å². The fourth-order valence-electron chi connectivity index (χ4n) is 2.87. The van der Waals surface area contributed by atoms with Crippen molar-refractivity contribution in [3.05, 3.63) is 78.4 Å². The molecule has 0 aliphatic rings. The van der Waals surface area contributed by atoms with E-state index in [-0.39, 0.29) is 5.91 Å². The lowest BCUT2D eigenvalue weighted by Gasteiger charge is -2.02. The summed E-state index contributed by atoms with van der Waals surface area (Å²) >= 11 is 0. The number of methoxy groups -OCH3 is 1. The zero-order valence-corrected chi connectivity index (χ0v) is 14.2. The molecule has 4 nitrogen and oxygen atoms in total. The van der Waals surface area contributed by atoms with Gasteiger partial charge in [0.25, 0.3) is 0 Å². The smallest absolute Gasteiger partial charge is 0.248 e. The second-order valence-electron chi connectivity index (χ2n) is 5.90. The van der Waals surface area contributed by atoms with Crippen molar-refractivity contribution in [2.24, 2.45) is 0 Å². The van der Waals surface area contributed by atoms with Gasteiger partial charge < -0.3 is 14.5 Å². The fourth-order valence-corrected chi connectivity index (χ4v) is 2.87. The second kappa shape index (κ2) is 6.76. The van der Waals surface area contributed by atoms with Crippen LogP contribution in [-0.2, 0) is 4.79 Å². The van der Waals surface area contributed by atoms with Gasteiger partial charge in [-0.15, -0.1) is 0 Å². The molecule has 1 heterocycles. The van der Waals surface area contributed by atoms with E-state index in [1.807, 2.05) is 66.7 Å². The van der Waals surface area contributed by atoms with E-state index in [1.54, 1.807) is 13.2 Å². The number of carbonyl (C=O) groups excluding carboxylic acids is 1. The highest BCUT2D eigenvalue weighted by atomic mass is 16.5. The summed E-state index contributed by atoms with van der Waals surface area (Å²) in [6, 6.07) is 21.0. The first-order valence-corrected chi connectivity index (χ1v) is 8.27. The van der Waals surface area contributed by atoms with E-state index < -0.39 is 0 Å². The van der Waals surface area contributed by atoms with Crippen molar-refractivity contribution in [2.45, 2.75) is 0 Å². The van der Waals surface area contributed by atoms with Crippen LogP contribution in [-0.4, -0.2) is 13.0 Å². The molecule has 0 atom stereocenters. The van der Waals surface area contributed by atoms with Gasteiger partial charge in [-0.25, -0.2) is 0 Å². The molecule has 4 heteroatoms. The summed E-state index contributed by atoms with van der Waals surface area (Å²) in [4.78, 5) is 12.2. The van der Waals surface area contributed by atoms with E-state index in [0.29, 0.717) is 0 Å². The third-order valence-electron chi connectivity index (χ3n) is 4.19. The van der Waals surface area contributed by atoms with Gasteiger partial charge in [-0.1, -0.05) is 30.3 Å². The van der Waals surface area contributed by atoms with Gasteiger partial charge in [0.1, 0.15) is 16.9 Å². The standard InChI is InChI=1S/C22H17NO3/c1-25-17-10-6-15(7-11-17)8-13-22(24)23-16-9-12-21-19(14-16)18-4-2-3-5-20(18)26-21/h2-14H,1H3,(H,23,24). The number of hydrogen-bond acceptors (Lipinski definition) is 3. The normalized spacial score (nSPS) is 11.3. The molecule has 1 N–H and O–H groups in total. The first-order chi connectivity index (χ1) is 12.7. The number of rotatable bonds is 4. The van der Waals surface area contributed by atoms with Crippen molar-refractivity contribution < 1.29 is 13.9 Å². The van der Waals surface area contributed by atoms with E-state index in [4.69, 9.17) is 9.15 Å². The minimum absolute atomic E-state index is 0.187. The van der Waals surface area contributed by atoms with E-state index in [2.05, 4.69) is 5.32 Å². The molecular weight excluding hydrogens is 326 g/mol. The molecule has 0 saturated carbocycles. The lowest BCUT2D eigenvalue weighted by atomic mass is 10.1. The Morgan fingerprint density at radius 1 is 0.962 bits per heavy atom. The van der Waals surface area contributed by atoms with Crippen molar-refractivity contribution >= 4 is 39.6 Å². The Balaban J connectivity index is 1.53. The lowest BCUT2D eigenvalue weighted by molar-refractivity contribution is -0.111. The zero-order valence-electron chi connectivity index (χ0n) is 14.2. The molecule has 0 fully saturated rings. The number of carbonyl (C=O) groups is 1. The van der Waals surface area contributed by atoms with Crippen LogP contribution in [0.25, 0.3) is 28.0 Å². The molecule has 4 aromatic rings. The Labute approximate surface area is 150 Å². The van der Waals surface area contributed by atoms with Gasteiger partial charge in [0.15, 0.2) is 0 Å². The number of para-hydroxylation sites is 1. The van der Waals surface area contributed by atoms with Crippen molar-refractivity contribution in [1.29, 1.82) is 0 Å². The summed E-state index contributed by atoms with van der Waals surface area (Å²) in [5.41, 5.74) is 3.30. The molecule has 128 valence electrons. The number of furan rings is 1. The molecule has 0 bridgehead atoms. The first kappa shape index (κ1) is 16.0. The highest BCUT2D eigenvalue weighted by Crippen LogP contribution is 2.30. The number of amides is 1. The number of ether oxygens (including phenoxy) is 1. The minimum atomic E-state index is -0.187. The molecule has 0 unspecified atom stereocenters. The van der Waals surface area contributed by atoms with Crippen LogP contribution in [0.3, 0.4) is 0 Å². The molecule has 0 aliphatic carbocycles. The number of benzene rings is 3. The molecular formula is C22H17NO3. The molecule has 0 spiro atoms. The van der Waals surface area contributed by atoms with Gasteiger partial charge in [0.05, 0.1) is 7.11 Å². The van der Waals surface area contributed by atoms with Crippen molar-refractivity contribution in [1.82, 2.24) is 0 Å². The molecule has 3 aromatic carbocycles. The largest absolute Gasteiger partial charge is 0.497 e. The van der Waals surface area contributed by atoms with E-state index in [9.17, 15) is 4.79 Å². The van der Waals surface area contributed by atoms with Gasteiger partial charge in [0.2, 0.25) is 5.91 Å². The number of anilines is 1. The third kappa shape index (κ3) is 3.17. The lowest BCUT2D eigenvalue weighted by Crippen LogP contribution is -2.07. The number of nitrogens with one attached hydrogen (secondary N) is 1. The molecule has 4 rings (SSSR count). The predicted molar refractivity (Wildman–Crippen MR) is 104 cm³/mol. The summed E-state index contributed by atoms with van der Waals surface area (Å²) < 4.78 is 10.9. The molecule has 1 amide bonds. The summed E-state index contributed by atoms with van der Waals surface area (Å²) in [5, 5.41) is 4.91. The molecule has 26 heavy (non-hydrogen) atoms. The van der Waals surface area contributed by atoms with Gasteiger partial charge in [-0.05, 0) is 48.0 Å². The van der Waals surface area contributed by atoms with Crippen molar-refractivity contribution in [3.63, 3.8) is 0 Å². The van der Waals surface area contributed by atoms with Crippen LogP contribution in [0.15, 0.2) is 77.2 Å². The highest BCUT2D eigenvalue weighted by molar-refractivity contribution is 6.08. The summed E-state index contributed by atoms with van der Waals surface area (Å²) in [7, 11) is 1.62. The van der Waals surface area contributed by atoms with Crippen LogP contribution in [0.4, 0.5) is 5.69 Å². The molecule has 0 saturated heterocycles. The van der Waals surface area contributed by atoms with Crippen LogP contribution in [0.1, 0.15) is 5.56 Å². The maximum absolute atomic E-state index is 12.2. The van der Waals surface area contributed by atoms with Crippen LogP contribution in [0, 0.1) is 0 Å². The van der Waals surface area contributed by atoms with Crippen LogP contribution < -0.4 is 10.1 Å². The van der Waals surface area contributed by atoms with Crippen LogP contribution in [0.5, 0.6) is 5.75 Å². The van der Waals surface area contributed by atoms with E-state index in [1.165, 1.54) is 6.08 Å². The third-order valence-corrected chi connectivity index (χ3v) is 4.19. The Morgan fingerprint density at radius 2 is 1.73 bits per heavy atom. The van der Waals surface area contributed by atoms with Gasteiger partial charge >= 0.3 is 0 Å². The average molecular weight is 343 g/mol. The molecule has 0 radical (unpaired) electrons. The van der Waals surface area contributed by atoms with E-state index in [0.717, 1.165) is 38.9 Å². The average Bonchev–Trinajstić information content (AvgIpc) is 3.05. The maximum atomic E-state index is 12.2. The first-order valence-electron chi connectivity index (χ1n) is 8.27. The van der Waals surface area contributed by atoms with Crippen LogP contribution in [0.2, 0.25) is 0 Å². The van der Waals surface area contributed by atoms with Gasteiger partial charge in [-0.3, -0.25) is 4.79 Å². The Hall–Kier alpha value is -3.53. The number of hydrogen-bond donors (Lipinski definition) is 1. The fraction of sp³-hybridized carbons (Fsp3) is 0.0455. The topological polar surface area (TPSA) is 51.5 Å².